The monoisotopic (exact) mass is 239 g/mol. The van der Waals surface area contributed by atoms with Crippen LogP contribution in [0.1, 0.15) is 17.8 Å². The van der Waals surface area contributed by atoms with Crippen molar-refractivity contribution in [3.8, 4) is 0 Å². The summed E-state index contributed by atoms with van der Waals surface area (Å²) < 4.78 is 37.2. The van der Waals surface area contributed by atoms with Gasteiger partial charge in [0.2, 0.25) is 0 Å². The van der Waals surface area contributed by atoms with Crippen molar-refractivity contribution in [2.24, 2.45) is 0 Å². The highest BCUT2D eigenvalue weighted by Crippen LogP contribution is 2.24. The lowest BCUT2D eigenvalue weighted by Gasteiger charge is -2.05. The van der Waals surface area contributed by atoms with Gasteiger partial charge in [-0.15, -0.1) is 0 Å². The average molecular weight is 240 g/mol. The number of carbonyl (C=O) groups is 1. The minimum Gasteiger partial charge on any atom is -0.481 e. The van der Waals surface area contributed by atoms with E-state index in [1.807, 2.05) is 0 Å². The Hall–Kier alpha value is -1.30. The number of hydrogen-bond donors (Lipinski definition) is 1. The van der Waals surface area contributed by atoms with Crippen LogP contribution in [0.15, 0.2) is 6.07 Å². The Morgan fingerprint density at radius 1 is 1.60 bits per heavy atom. The Balaban J connectivity index is 3.17. The molecule has 0 fully saturated rings. The maximum Gasteiger partial charge on any atom is 0.309 e. The maximum absolute atomic E-state index is 12.8. The van der Waals surface area contributed by atoms with E-state index in [1.54, 1.807) is 0 Å². The maximum atomic E-state index is 12.8. The number of pyridine rings is 1. The predicted molar refractivity (Wildman–Crippen MR) is 45.5 cm³/mol. The fraction of sp³-hybridized carbons (Fsp3) is 0.250. The van der Waals surface area contributed by atoms with Crippen molar-refractivity contribution in [1.82, 2.24) is 4.98 Å². The lowest BCUT2D eigenvalue weighted by Crippen LogP contribution is -2.07. The molecule has 0 spiro atoms. The molecule has 1 aromatic heterocycles. The van der Waals surface area contributed by atoms with Gasteiger partial charge in [-0.25, -0.2) is 18.2 Å². The van der Waals surface area contributed by atoms with Gasteiger partial charge < -0.3 is 5.11 Å². The van der Waals surface area contributed by atoms with E-state index < -0.39 is 30.3 Å². The van der Waals surface area contributed by atoms with E-state index in [0.29, 0.717) is 6.07 Å². The number of halogens is 4. The quantitative estimate of drug-likeness (QED) is 0.881. The van der Waals surface area contributed by atoms with Crippen LogP contribution in [0, 0.1) is 5.82 Å². The average Bonchev–Trinajstić information content (AvgIpc) is 2.08. The second kappa shape index (κ2) is 4.48. The Morgan fingerprint density at radius 2 is 2.20 bits per heavy atom. The van der Waals surface area contributed by atoms with E-state index in [2.05, 4.69) is 4.98 Å². The highest BCUT2D eigenvalue weighted by Gasteiger charge is 2.19. The standard InChI is InChI=1S/C8H5ClF3NO2/c9-3-1-4(10)7(8(11)12)13-5(3)2-6(14)15/h1,8H,2H2,(H,14,15). The molecule has 0 amide bonds. The molecule has 0 unspecified atom stereocenters. The molecule has 0 bridgehead atoms. The minimum absolute atomic E-state index is 0.277. The topological polar surface area (TPSA) is 50.2 Å². The Labute approximate surface area is 87.5 Å². The number of nitrogens with zero attached hydrogens (tertiary/aromatic N) is 1. The van der Waals surface area contributed by atoms with Gasteiger partial charge in [-0.1, -0.05) is 11.6 Å². The zero-order valence-electron chi connectivity index (χ0n) is 7.18. The highest BCUT2D eigenvalue weighted by molar-refractivity contribution is 6.31. The molecule has 7 heteroatoms. The van der Waals surface area contributed by atoms with Gasteiger partial charge in [0.1, 0.15) is 5.69 Å². The molecule has 82 valence electrons. The molecule has 0 aliphatic heterocycles. The Bertz CT molecular complexity index is 398. The van der Waals surface area contributed by atoms with E-state index in [9.17, 15) is 18.0 Å². The van der Waals surface area contributed by atoms with Crippen molar-refractivity contribution in [3.05, 3.63) is 28.3 Å². The first-order valence-electron chi connectivity index (χ1n) is 3.76. The largest absolute Gasteiger partial charge is 0.481 e. The first kappa shape index (κ1) is 11.8. The van der Waals surface area contributed by atoms with E-state index in [0.717, 1.165) is 0 Å². The smallest absolute Gasteiger partial charge is 0.309 e. The Kier molecular flexibility index (Phi) is 3.52. The van der Waals surface area contributed by atoms with Crippen molar-refractivity contribution in [2.45, 2.75) is 12.8 Å². The third-order valence-corrected chi connectivity index (χ3v) is 1.88. The number of aliphatic carboxylic acids is 1. The van der Waals surface area contributed by atoms with Gasteiger partial charge in [-0.2, -0.15) is 0 Å². The molecule has 0 aliphatic rings. The number of alkyl halides is 2. The van der Waals surface area contributed by atoms with E-state index >= 15 is 0 Å². The molecule has 1 N–H and O–H groups in total. The fourth-order valence-electron chi connectivity index (χ4n) is 0.941. The molecule has 0 saturated heterocycles. The first-order valence-corrected chi connectivity index (χ1v) is 4.14. The van der Waals surface area contributed by atoms with E-state index in [-0.39, 0.29) is 10.7 Å². The molecule has 0 radical (unpaired) electrons. The number of carboxylic acids is 1. The molecule has 1 heterocycles. The number of rotatable bonds is 3. The Morgan fingerprint density at radius 3 is 2.67 bits per heavy atom. The molecule has 3 nitrogen and oxygen atoms in total. The number of aromatic nitrogens is 1. The summed E-state index contributed by atoms with van der Waals surface area (Å²) in [6.45, 7) is 0. The first-order chi connectivity index (χ1) is 6.91. The van der Waals surface area contributed by atoms with Gasteiger partial charge in [0.15, 0.2) is 5.82 Å². The molecule has 0 atom stereocenters. The van der Waals surface area contributed by atoms with Crippen molar-refractivity contribution >= 4 is 17.6 Å². The zero-order chi connectivity index (χ0) is 11.6. The molecule has 1 rings (SSSR count). The van der Waals surface area contributed by atoms with Gasteiger partial charge in [-0.05, 0) is 6.07 Å². The molecular weight excluding hydrogens is 235 g/mol. The molecule has 0 aromatic carbocycles. The van der Waals surface area contributed by atoms with Gasteiger partial charge >= 0.3 is 5.97 Å². The second-order valence-electron chi connectivity index (χ2n) is 2.66. The fourth-order valence-corrected chi connectivity index (χ4v) is 1.15. The third kappa shape index (κ3) is 2.82. The third-order valence-electron chi connectivity index (χ3n) is 1.55. The summed E-state index contributed by atoms with van der Waals surface area (Å²) in [5.74, 6) is -2.53. The van der Waals surface area contributed by atoms with Crippen LogP contribution >= 0.6 is 11.6 Å². The summed E-state index contributed by atoms with van der Waals surface area (Å²) in [5.41, 5.74) is -1.36. The lowest BCUT2D eigenvalue weighted by atomic mass is 10.2. The lowest BCUT2D eigenvalue weighted by molar-refractivity contribution is -0.136. The van der Waals surface area contributed by atoms with Gasteiger partial charge in [0.25, 0.3) is 6.43 Å². The van der Waals surface area contributed by atoms with Crippen molar-refractivity contribution < 1.29 is 23.1 Å². The number of hydrogen-bond acceptors (Lipinski definition) is 2. The summed E-state index contributed by atoms with van der Waals surface area (Å²) in [4.78, 5) is 13.5. The molecule has 0 aliphatic carbocycles. The number of carboxylic acid groups (broad SMARTS) is 1. The van der Waals surface area contributed by atoms with Crippen LogP contribution in [0.2, 0.25) is 5.02 Å². The van der Waals surface area contributed by atoms with E-state index in [1.165, 1.54) is 0 Å². The molecular formula is C8H5ClF3NO2. The van der Waals surface area contributed by atoms with Crippen LogP contribution in [-0.4, -0.2) is 16.1 Å². The molecule has 1 aromatic rings. The van der Waals surface area contributed by atoms with Gasteiger partial charge in [0.05, 0.1) is 17.1 Å². The predicted octanol–water partition coefficient (Wildman–Crippen LogP) is 2.44. The van der Waals surface area contributed by atoms with Crippen LogP contribution in [0.3, 0.4) is 0 Å². The van der Waals surface area contributed by atoms with Crippen molar-refractivity contribution in [1.29, 1.82) is 0 Å². The molecule has 15 heavy (non-hydrogen) atoms. The van der Waals surface area contributed by atoms with Gasteiger partial charge in [0, 0.05) is 0 Å². The summed E-state index contributed by atoms with van der Waals surface area (Å²) in [6.07, 6.45) is -3.73. The van der Waals surface area contributed by atoms with Crippen LogP contribution in [0.5, 0.6) is 0 Å². The van der Waals surface area contributed by atoms with Crippen LogP contribution < -0.4 is 0 Å². The van der Waals surface area contributed by atoms with Crippen molar-refractivity contribution in [3.63, 3.8) is 0 Å². The van der Waals surface area contributed by atoms with Crippen molar-refractivity contribution in [2.75, 3.05) is 0 Å². The minimum atomic E-state index is -3.10. The summed E-state index contributed by atoms with van der Waals surface area (Å²) in [7, 11) is 0. The summed E-state index contributed by atoms with van der Waals surface area (Å²) in [6, 6.07) is 0.633. The van der Waals surface area contributed by atoms with Crippen LogP contribution in [0.4, 0.5) is 13.2 Å². The van der Waals surface area contributed by atoms with Gasteiger partial charge in [-0.3, -0.25) is 4.79 Å². The zero-order valence-corrected chi connectivity index (χ0v) is 7.93. The van der Waals surface area contributed by atoms with Crippen LogP contribution in [0.25, 0.3) is 0 Å². The SMILES string of the molecule is O=C(O)Cc1nc(C(F)F)c(F)cc1Cl. The molecule has 0 saturated carbocycles. The summed E-state index contributed by atoms with van der Waals surface area (Å²) in [5, 5.41) is 8.13. The normalized spacial score (nSPS) is 10.7. The second-order valence-corrected chi connectivity index (χ2v) is 3.06. The van der Waals surface area contributed by atoms with Crippen LogP contribution in [-0.2, 0) is 11.2 Å². The van der Waals surface area contributed by atoms with E-state index in [4.69, 9.17) is 16.7 Å². The summed E-state index contributed by atoms with van der Waals surface area (Å²) >= 11 is 5.44. The highest BCUT2D eigenvalue weighted by atomic mass is 35.5.